The van der Waals surface area contributed by atoms with Crippen molar-refractivity contribution >= 4 is 6.29 Å². The van der Waals surface area contributed by atoms with E-state index in [0.29, 0.717) is 11.8 Å². The van der Waals surface area contributed by atoms with Crippen LogP contribution in [0, 0.1) is 11.8 Å². The van der Waals surface area contributed by atoms with Crippen molar-refractivity contribution in [3.8, 4) is 11.8 Å². The Labute approximate surface area is 115 Å². The van der Waals surface area contributed by atoms with Crippen LogP contribution in [0.25, 0.3) is 0 Å². The van der Waals surface area contributed by atoms with Crippen LogP contribution in [0.1, 0.15) is 22.3 Å². The van der Waals surface area contributed by atoms with E-state index in [1.807, 2.05) is 0 Å². The number of nitrogens with zero attached hydrogens (tertiary/aromatic N) is 1. The molecule has 2 heterocycles. The van der Waals surface area contributed by atoms with Gasteiger partial charge in [0.2, 0.25) is 0 Å². The minimum Gasteiger partial charge on any atom is -0.394 e. The van der Waals surface area contributed by atoms with Gasteiger partial charge in [-0.2, -0.15) is 0 Å². The third kappa shape index (κ3) is 2.60. The van der Waals surface area contributed by atoms with Crippen molar-refractivity contribution in [2.24, 2.45) is 5.73 Å². The van der Waals surface area contributed by atoms with E-state index in [0.717, 1.165) is 0 Å². The first-order chi connectivity index (χ1) is 9.62. The predicted octanol–water partition coefficient (Wildman–Crippen LogP) is -1.78. The van der Waals surface area contributed by atoms with Crippen LogP contribution in [0.4, 0.5) is 0 Å². The molecule has 1 aromatic rings. The molecular weight excluding hydrogens is 264 g/mol. The van der Waals surface area contributed by atoms with Crippen LogP contribution in [0.15, 0.2) is 12.3 Å². The van der Waals surface area contributed by atoms with Gasteiger partial charge in [0.25, 0.3) is 0 Å². The van der Waals surface area contributed by atoms with Crippen LogP contribution < -0.4 is 5.73 Å². The van der Waals surface area contributed by atoms with Gasteiger partial charge in [-0.25, -0.2) is 0 Å². The van der Waals surface area contributed by atoms with E-state index in [1.54, 1.807) is 0 Å². The Balaban J connectivity index is 2.32. The van der Waals surface area contributed by atoms with E-state index >= 15 is 0 Å². The molecule has 1 aliphatic heterocycles. The fourth-order valence-corrected chi connectivity index (χ4v) is 2.14. The van der Waals surface area contributed by atoms with E-state index in [1.165, 1.54) is 16.8 Å². The number of hydrogen-bond acceptors (Lipinski definition) is 6. The van der Waals surface area contributed by atoms with E-state index in [2.05, 4.69) is 11.8 Å². The van der Waals surface area contributed by atoms with Gasteiger partial charge in [0, 0.05) is 11.8 Å². The Kier molecular flexibility index (Phi) is 4.54. The maximum Gasteiger partial charge on any atom is 0.166 e. The summed E-state index contributed by atoms with van der Waals surface area (Å²) in [6.07, 6.45) is -2.17. The Morgan fingerprint density at radius 1 is 1.45 bits per heavy atom. The summed E-state index contributed by atoms with van der Waals surface area (Å²) in [6, 6.07) is 1.53. The molecule has 0 bridgehead atoms. The van der Waals surface area contributed by atoms with Crippen LogP contribution in [0.5, 0.6) is 0 Å². The first-order valence-corrected chi connectivity index (χ1v) is 6.10. The third-order valence-electron chi connectivity index (χ3n) is 3.13. The molecule has 0 unspecified atom stereocenters. The van der Waals surface area contributed by atoms with Crippen molar-refractivity contribution in [1.82, 2.24) is 4.57 Å². The highest BCUT2D eigenvalue weighted by atomic mass is 16.6. The van der Waals surface area contributed by atoms with Gasteiger partial charge in [-0.1, -0.05) is 11.8 Å². The van der Waals surface area contributed by atoms with Gasteiger partial charge in [-0.3, -0.25) is 4.79 Å². The molecule has 0 radical (unpaired) electrons. The monoisotopic (exact) mass is 280 g/mol. The predicted molar refractivity (Wildman–Crippen MR) is 68.8 cm³/mol. The summed E-state index contributed by atoms with van der Waals surface area (Å²) in [7, 11) is 0. The number of rotatable bonds is 3. The lowest BCUT2D eigenvalue weighted by Crippen LogP contribution is -2.33. The molecule has 108 valence electrons. The molecule has 4 atom stereocenters. The molecule has 0 aromatic carbocycles. The highest BCUT2D eigenvalue weighted by Gasteiger charge is 2.43. The first kappa shape index (κ1) is 14.7. The average molecular weight is 280 g/mol. The maximum atomic E-state index is 11.1. The fraction of sp³-hybridized carbons (Fsp3) is 0.462. The van der Waals surface area contributed by atoms with Crippen molar-refractivity contribution in [3.05, 3.63) is 23.5 Å². The highest BCUT2D eigenvalue weighted by Crippen LogP contribution is 2.30. The van der Waals surface area contributed by atoms with Gasteiger partial charge in [0.05, 0.1) is 18.8 Å². The summed E-state index contributed by atoms with van der Waals surface area (Å²) < 4.78 is 6.75. The molecule has 20 heavy (non-hydrogen) atoms. The molecule has 1 aliphatic rings. The molecular formula is C13H16N2O5. The quantitative estimate of drug-likeness (QED) is 0.384. The topological polar surface area (TPSA) is 118 Å². The van der Waals surface area contributed by atoms with Crippen LogP contribution in [-0.4, -0.2) is 57.6 Å². The zero-order chi connectivity index (χ0) is 14.7. The summed E-state index contributed by atoms with van der Waals surface area (Å²) in [5.74, 6) is 5.43. The number of carbonyl (C=O) groups excluding carboxylic acids is 1. The number of carbonyl (C=O) groups is 1. The number of nitrogens with two attached hydrogens (primary N) is 1. The molecule has 7 nitrogen and oxygen atoms in total. The Morgan fingerprint density at radius 2 is 2.20 bits per heavy atom. The summed E-state index contributed by atoms with van der Waals surface area (Å²) in [5, 5.41) is 28.7. The van der Waals surface area contributed by atoms with Crippen LogP contribution in [-0.2, 0) is 4.74 Å². The molecule has 1 fully saturated rings. The van der Waals surface area contributed by atoms with Crippen LogP contribution in [0.2, 0.25) is 0 Å². The van der Waals surface area contributed by atoms with Gasteiger partial charge in [0.1, 0.15) is 18.3 Å². The molecule has 0 aliphatic carbocycles. The van der Waals surface area contributed by atoms with Crippen molar-refractivity contribution in [1.29, 1.82) is 0 Å². The molecule has 0 spiro atoms. The number of aliphatic hydroxyl groups excluding tert-OH is 3. The third-order valence-corrected chi connectivity index (χ3v) is 3.13. The standard InChI is InChI=1S/C13H16N2O5/c14-3-1-2-8-4-9(6-16)15(5-8)13-12(19)11(18)10(7-17)20-13/h4-6,10-13,17-19H,3,7,14H2/t10-,11-,12-,13-/m1/s1. The molecule has 1 aromatic heterocycles. The average Bonchev–Trinajstić information content (AvgIpc) is 2.99. The Morgan fingerprint density at radius 3 is 2.75 bits per heavy atom. The minimum atomic E-state index is -1.24. The highest BCUT2D eigenvalue weighted by molar-refractivity contribution is 5.73. The normalized spacial score (nSPS) is 29.0. The second-order valence-electron chi connectivity index (χ2n) is 4.41. The number of hydrogen-bond donors (Lipinski definition) is 4. The van der Waals surface area contributed by atoms with E-state index in [9.17, 15) is 15.0 Å². The van der Waals surface area contributed by atoms with Crippen molar-refractivity contribution in [3.63, 3.8) is 0 Å². The lowest BCUT2D eigenvalue weighted by molar-refractivity contribution is -0.0530. The maximum absolute atomic E-state index is 11.1. The van der Waals surface area contributed by atoms with Gasteiger partial charge < -0.3 is 30.4 Å². The zero-order valence-corrected chi connectivity index (χ0v) is 10.6. The first-order valence-electron chi connectivity index (χ1n) is 6.10. The molecule has 2 rings (SSSR count). The lowest BCUT2D eigenvalue weighted by atomic mass is 10.1. The molecule has 0 saturated carbocycles. The minimum absolute atomic E-state index is 0.190. The number of aldehydes is 1. The number of aromatic nitrogens is 1. The molecule has 7 heteroatoms. The molecule has 5 N–H and O–H groups in total. The lowest BCUT2D eigenvalue weighted by Gasteiger charge is -2.17. The van der Waals surface area contributed by atoms with E-state index in [-0.39, 0.29) is 12.2 Å². The SMILES string of the molecule is NCC#Cc1cc(C=O)n([C@@H]2O[C@H](CO)[C@@H](O)[C@H]2O)c1. The zero-order valence-electron chi connectivity index (χ0n) is 10.6. The van der Waals surface area contributed by atoms with Crippen molar-refractivity contribution < 1.29 is 24.9 Å². The number of ether oxygens (including phenoxy) is 1. The van der Waals surface area contributed by atoms with Gasteiger partial charge >= 0.3 is 0 Å². The van der Waals surface area contributed by atoms with Gasteiger partial charge in [-0.05, 0) is 6.07 Å². The summed E-state index contributed by atoms with van der Waals surface area (Å²) in [5.41, 5.74) is 6.08. The molecule has 1 saturated heterocycles. The summed E-state index contributed by atoms with van der Waals surface area (Å²) in [4.78, 5) is 11.1. The van der Waals surface area contributed by atoms with E-state index in [4.69, 9.17) is 15.6 Å². The Bertz CT molecular complexity index is 545. The largest absolute Gasteiger partial charge is 0.394 e. The van der Waals surface area contributed by atoms with Crippen LogP contribution >= 0.6 is 0 Å². The Hall–Kier alpha value is -1.69. The van der Waals surface area contributed by atoms with E-state index < -0.39 is 31.1 Å². The van der Waals surface area contributed by atoms with Crippen LogP contribution in [0.3, 0.4) is 0 Å². The second kappa shape index (κ2) is 6.17. The molecule has 0 amide bonds. The summed E-state index contributed by atoms with van der Waals surface area (Å²) >= 11 is 0. The van der Waals surface area contributed by atoms with Crippen molar-refractivity contribution in [2.75, 3.05) is 13.2 Å². The number of aliphatic hydroxyl groups is 3. The summed E-state index contributed by atoms with van der Waals surface area (Å²) in [6.45, 7) is -0.234. The fourth-order valence-electron chi connectivity index (χ4n) is 2.14. The second-order valence-corrected chi connectivity index (χ2v) is 4.41. The smallest absolute Gasteiger partial charge is 0.166 e. The van der Waals surface area contributed by atoms with Crippen molar-refractivity contribution in [2.45, 2.75) is 24.5 Å². The van der Waals surface area contributed by atoms with Gasteiger partial charge in [-0.15, -0.1) is 0 Å². The van der Waals surface area contributed by atoms with Gasteiger partial charge in [0.15, 0.2) is 12.5 Å².